The molecule has 31 heavy (non-hydrogen) atoms. The van der Waals surface area contributed by atoms with Gasteiger partial charge in [0.25, 0.3) is 0 Å². The summed E-state index contributed by atoms with van der Waals surface area (Å²) in [6.07, 6.45) is 1.41. The van der Waals surface area contributed by atoms with Gasteiger partial charge >= 0.3 is 0 Å². The Hall–Kier alpha value is -2.93. The van der Waals surface area contributed by atoms with Gasteiger partial charge in [0.2, 0.25) is 5.91 Å². The number of hydrogen-bond donors (Lipinski definition) is 0. The van der Waals surface area contributed by atoms with Crippen molar-refractivity contribution in [2.75, 3.05) is 39.9 Å². The van der Waals surface area contributed by atoms with Crippen molar-refractivity contribution in [2.24, 2.45) is 5.92 Å². The molecule has 7 heteroatoms. The van der Waals surface area contributed by atoms with Crippen LogP contribution in [-0.2, 0) is 11.3 Å². The molecule has 0 N–H and O–H groups in total. The molecule has 0 unspecified atom stereocenters. The number of Topliss-reactive ketones (excluding diaryl/α,β-unsaturated/α-hetero) is 1. The van der Waals surface area contributed by atoms with Crippen molar-refractivity contribution in [1.29, 1.82) is 0 Å². The zero-order valence-corrected chi connectivity index (χ0v) is 17.7. The molecule has 164 valence electrons. The molecule has 2 aromatic carbocycles. The molecule has 0 aliphatic carbocycles. The minimum absolute atomic E-state index is 0.0557. The number of piperidine rings is 1. The van der Waals surface area contributed by atoms with Crippen LogP contribution in [0.15, 0.2) is 42.5 Å². The third-order valence-corrected chi connectivity index (χ3v) is 5.94. The number of amides is 1. The minimum atomic E-state index is -0.305. The molecule has 4 rings (SSSR count). The predicted octanol–water partition coefficient (Wildman–Crippen LogP) is 3.15. The van der Waals surface area contributed by atoms with E-state index in [2.05, 4.69) is 4.90 Å². The van der Waals surface area contributed by atoms with Crippen molar-refractivity contribution in [3.05, 3.63) is 59.4 Å². The van der Waals surface area contributed by atoms with Crippen molar-refractivity contribution < 1.29 is 23.5 Å². The van der Waals surface area contributed by atoms with Gasteiger partial charge in [-0.1, -0.05) is 18.2 Å². The zero-order valence-electron chi connectivity index (χ0n) is 17.7. The number of fused-ring (bicyclic) bond motifs is 1. The Morgan fingerprint density at radius 1 is 1.06 bits per heavy atom. The van der Waals surface area contributed by atoms with Gasteiger partial charge in [-0.15, -0.1) is 0 Å². The van der Waals surface area contributed by atoms with Crippen LogP contribution in [-0.4, -0.2) is 61.4 Å². The van der Waals surface area contributed by atoms with Gasteiger partial charge in [-0.2, -0.15) is 0 Å². The highest BCUT2D eigenvalue weighted by Gasteiger charge is 2.28. The third-order valence-electron chi connectivity index (χ3n) is 5.94. The van der Waals surface area contributed by atoms with Gasteiger partial charge in [0.1, 0.15) is 19.0 Å². The predicted molar refractivity (Wildman–Crippen MR) is 114 cm³/mol. The van der Waals surface area contributed by atoms with E-state index in [-0.39, 0.29) is 36.5 Å². The number of nitrogens with zero attached hydrogens (tertiary/aromatic N) is 2. The first-order valence-electron chi connectivity index (χ1n) is 10.6. The Labute approximate surface area is 181 Å². The number of carbonyl (C=O) groups is 2. The molecule has 0 saturated carbocycles. The summed E-state index contributed by atoms with van der Waals surface area (Å²) in [6, 6.07) is 11.8. The SMILES string of the molecule is CN(Cc1ccccc1F)C(=O)CN1CCC(C(=O)c2ccc3c(c2)OCCO3)CC1. The fraction of sp³-hybridized carbons (Fsp3) is 0.417. The molecule has 0 bridgehead atoms. The van der Waals surface area contributed by atoms with Gasteiger partial charge in [-0.3, -0.25) is 14.5 Å². The van der Waals surface area contributed by atoms with Crippen LogP contribution in [0.3, 0.4) is 0 Å². The number of carbonyl (C=O) groups excluding carboxylic acids is 2. The number of hydrogen-bond acceptors (Lipinski definition) is 5. The number of likely N-dealkylation sites (tertiary alicyclic amines) is 1. The Morgan fingerprint density at radius 2 is 1.77 bits per heavy atom. The molecular weight excluding hydrogens is 399 g/mol. The molecule has 1 saturated heterocycles. The average molecular weight is 426 g/mol. The van der Waals surface area contributed by atoms with E-state index in [1.165, 1.54) is 6.07 Å². The second-order valence-corrected chi connectivity index (χ2v) is 8.11. The van der Waals surface area contributed by atoms with E-state index in [9.17, 15) is 14.0 Å². The molecule has 0 aromatic heterocycles. The first kappa shape index (κ1) is 21.3. The Morgan fingerprint density at radius 3 is 2.52 bits per heavy atom. The topological polar surface area (TPSA) is 59.1 Å². The molecule has 1 amide bonds. The molecular formula is C24H27FN2O4. The van der Waals surface area contributed by atoms with Crippen LogP contribution in [0.25, 0.3) is 0 Å². The van der Waals surface area contributed by atoms with E-state index in [4.69, 9.17) is 9.47 Å². The molecule has 0 radical (unpaired) electrons. The van der Waals surface area contributed by atoms with Crippen molar-refractivity contribution in [3.8, 4) is 11.5 Å². The summed E-state index contributed by atoms with van der Waals surface area (Å²) in [5.74, 6) is 0.985. The van der Waals surface area contributed by atoms with Crippen LogP contribution in [0.1, 0.15) is 28.8 Å². The van der Waals surface area contributed by atoms with Crippen molar-refractivity contribution in [1.82, 2.24) is 9.80 Å². The number of benzene rings is 2. The van der Waals surface area contributed by atoms with Gasteiger partial charge in [-0.25, -0.2) is 4.39 Å². The maximum Gasteiger partial charge on any atom is 0.236 e. The van der Waals surface area contributed by atoms with Crippen LogP contribution >= 0.6 is 0 Å². The molecule has 0 atom stereocenters. The standard InChI is InChI=1S/C24H27FN2O4/c1-26(15-19-4-2-3-5-20(19)25)23(28)16-27-10-8-17(9-11-27)24(29)18-6-7-21-22(14-18)31-13-12-30-21/h2-7,14,17H,8-13,15-16H2,1H3. The highest BCUT2D eigenvalue weighted by Crippen LogP contribution is 2.32. The molecule has 1 fully saturated rings. The van der Waals surface area contributed by atoms with Crippen LogP contribution < -0.4 is 9.47 Å². The summed E-state index contributed by atoms with van der Waals surface area (Å²) in [4.78, 5) is 29.1. The number of ether oxygens (including phenoxy) is 2. The molecule has 2 heterocycles. The zero-order chi connectivity index (χ0) is 21.8. The average Bonchev–Trinajstić information content (AvgIpc) is 2.80. The van der Waals surface area contributed by atoms with Gasteiger partial charge in [0.15, 0.2) is 17.3 Å². The Kier molecular flexibility index (Phi) is 6.51. The lowest BCUT2D eigenvalue weighted by Gasteiger charge is -2.32. The quantitative estimate of drug-likeness (QED) is 0.665. The molecule has 2 aromatic rings. The summed E-state index contributed by atoms with van der Waals surface area (Å²) in [6.45, 7) is 2.89. The molecule has 2 aliphatic heterocycles. The first-order chi connectivity index (χ1) is 15.0. The Balaban J connectivity index is 1.28. The fourth-order valence-electron chi connectivity index (χ4n) is 4.07. The second kappa shape index (κ2) is 9.47. The summed E-state index contributed by atoms with van der Waals surface area (Å²) >= 11 is 0. The lowest BCUT2D eigenvalue weighted by atomic mass is 9.88. The first-order valence-corrected chi connectivity index (χ1v) is 10.6. The molecule has 2 aliphatic rings. The van der Waals surface area contributed by atoms with Crippen molar-refractivity contribution in [3.63, 3.8) is 0 Å². The number of ketones is 1. The summed E-state index contributed by atoms with van der Waals surface area (Å²) in [7, 11) is 1.69. The van der Waals surface area contributed by atoms with Crippen LogP contribution in [0.2, 0.25) is 0 Å². The lowest BCUT2D eigenvalue weighted by molar-refractivity contribution is -0.132. The van der Waals surface area contributed by atoms with Gasteiger partial charge in [0, 0.05) is 30.6 Å². The summed E-state index contributed by atoms with van der Waals surface area (Å²) in [5, 5.41) is 0. The monoisotopic (exact) mass is 426 g/mol. The Bertz CT molecular complexity index is 956. The van der Waals surface area contributed by atoms with Gasteiger partial charge < -0.3 is 14.4 Å². The van der Waals surface area contributed by atoms with E-state index < -0.39 is 0 Å². The van der Waals surface area contributed by atoms with E-state index in [0.717, 1.165) is 0 Å². The van der Waals surface area contributed by atoms with Crippen molar-refractivity contribution in [2.45, 2.75) is 19.4 Å². The van der Waals surface area contributed by atoms with Crippen LogP contribution in [0.5, 0.6) is 11.5 Å². The highest BCUT2D eigenvalue weighted by atomic mass is 19.1. The normalized spacial score (nSPS) is 16.7. The summed E-state index contributed by atoms with van der Waals surface area (Å²) < 4.78 is 24.9. The molecule has 6 nitrogen and oxygen atoms in total. The van der Waals surface area contributed by atoms with Crippen LogP contribution in [0, 0.1) is 11.7 Å². The van der Waals surface area contributed by atoms with Gasteiger partial charge in [0.05, 0.1) is 6.54 Å². The fourth-order valence-corrected chi connectivity index (χ4v) is 4.07. The largest absolute Gasteiger partial charge is 0.486 e. The third kappa shape index (κ3) is 5.05. The smallest absolute Gasteiger partial charge is 0.236 e. The highest BCUT2D eigenvalue weighted by molar-refractivity contribution is 5.98. The van der Waals surface area contributed by atoms with Gasteiger partial charge in [-0.05, 0) is 50.2 Å². The number of rotatable bonds is 6. The van der Waals surface area contributed by atoms with E-state index >= 15 is 0 Å². The maximum atomic E-state index is 13.8. The number of halogens is 1. The van der Waals surface area contributed by atoms with Crippen molar-refractivity contribution >= 4 is 11.7 Å². The van der Waals surface area contributed by atoms with Crippen LogP contribution in [0.4, 0.5) is 4.39 Å². The molecule has 0 spiro atoms. The second-order valence-electron chi connectivity index (χ2n) is 8.11. The van der Waals surface area contributed by atoms with E-state index in [1.54, 1.807) is 48.3 Å². The lowest BCUT2D eigenvalue weighted by Crippen LogP contribution is -2.43. The minimum Gasteiger partial charge on any atom is -0.486 e. The van der Waals surface area contributed by atoms with E-state index in [1.807, 2.05) is 0 Å². The van der Waals surface area contributed by atoms with E-state index in [0.29, 0.717) is 61.8 Å². The maximum absolute atomic E-state index is 13.8. The number of likely N-dealkylation sites (N-methyl/N-ethyl adjacent to an activating group) is 1. The summed E-state index contributed by atoms with van der Waals surface area (Å²) in [5.41, 5.74) is 1.14.